The van der Waals surface area contributed by atoms with E-state index in [9.17, 15) is 9.59 Å². The maximum atomic E-state index is 12.1. The van der Waals surface area contributed by atoms with Crippen LogP contribution in [0.5, 0.6) is 5.75 Å². The zero-order chi connectivity index (χ0) is 14.2. The average molecular weight is 275 g/mol. The number of hydrogen-bond acceptors (Lipinski definition) is 3. The van der Waals surface area contributed by atoms with Crippen LogP contribution in [0.15, 0.2) is 24.3 Å². The number of benzene rings is 1. The van der Waals surface area contributed by atoms with Gasteiger partial charge in [0.25, 0.3) is 5.91 Å². The van der Waals surface area contributed by atoms with Crippen molar-refractivity contribution in [3.8, 4) is 5.75 Å². The number of carbonyl (C=O) groups excluding carboxylic acids is 2. The van der Waals surface area contributed by atoms with Gasteiger partial charge in [-0.25, -0.2) is 0 Å². The van der Waals surface area contributed by atoms with E-state index in [2.05, 4.69) is 0 Å². The second kappa shape index (κ2) is 7.68. The highest BCUT2D eigenvalue weighted by molar-refractivity contribution is 5.78. The minimum absolute atomic E-state index is 0.0476. The van der Waals surface area contributed by atoms with E-state index in [0.717, 1.165) is 32.2 Å². The van der Waals surface area contributed by atoms with Crippen molar-refractivity contribution >= 4 is 12.2 Å². The molecule has 2 rings (SSSR count). The summed E-state index contributed by atoms with van der Waals surface area (Å²) >= 11 is 0. The van der Waals surface area contributed by atoms with Crippen LogP contribution in [0.25, 0.3) is 0 Å². The minimum atomic E-state index is 0.0476. The summed E-state index contributed by atoms with van der Waals surface area (Å²) in [5.41, 5.74) is 0.604. The fourth-order valence-corrected chi connectivity index (χ4v) is 2.38. The van der Waals surface area contributed by atoms with Crippen molar-refractivity contribution in [2.24, 2.45) is 0 Å². The molecule has 1 saturated heterocycles. The third-order valence-electron chi connectivity index (χ3n) is 3.59. The van der Waals surface area contributed by atoms with Gasteiger partial charge < -0.3 is 9.64 Å². The van der Waals surface area contributed by atoms with E-state index in [-0.39, 0.29) is 12.5 Å². The first-order chi connectivity index (χ1) is 9.79. The normalized spacial score (nSPS) is 16.1. The van der Waals surface area contributed by atoms with Gasteiger partial charge in [-0.2, -0.15) is 0 Å². The van der Waals surface area contributed by atoms with Crippen LogP contribution in [0.2, 0.25) is 0 Å². The lowest BCUT2D eigenvalue weighted by Crippen LogP contribution is -2.37. The van der Waals surface area contributed by atoms with E-state index in [0.29, 0.717) is 11.3 Å². The second-order valence-electron chi connectivity index (χ2n) is 5.12. The molecule has 0 bridgehead atoms. The fraction of sp³-hybridized carbons (Fsp3) is 0.500. The summed E-state index contributed by atoms with van der Waals surface area (Å²) in [6.07, 6.45) is 6.64. The van der Waals surface area contributed by atoms with Crippen molar-refractivity contribution in [2.45, 2.75) is 32.1 Å². The van der Waals surface area contributed by atoms with Crippen molar-refractivity contribution in [3.05, 3.63) is 29.8 Å². The van der Waals surface area contributed by atoms with Gasteiger partial charge in [0, 0.05) is 18.7 Å². The van der Waals surface area contributed by atoms with Crippen LogP contribution in [-0.4, -0.2) is 36.8 Å². The monoisotopic (exact) mass is 275 g/mol. The van der Waals surface area contributed by atoms with E-state index >= 15 is 0 Å². The summed E-state index contributed by atoms with van der Waals surface area (Å²) in [5, 5.41) is 0. The minimum Gasteiger partial charge on any atom is -0.484 e. The van der Waals surface area contributed by atoms with Crippen LogP contribution in [0, 0.1) is 0 Å². The molecule has 4 nitrogen and oxygen atoms in total. The first-order valence-electron chi connectivity index (χ1n) is 7.25. The van der Waals surface area contributed by atoms with Gasteiger partial charge in [0.05, 0.1) is 0 Å². The van der Waals surface area contributed by atoms with Gasteiger partial charge in [-0.05, 0) is 37.1 Å². The lowest BCUT2D eigenvalue weighted by atomic mass is 10.1. The molecule has 0 atom stereocenters. The van der Waals surface area contributed by atoms with Crippen molar-refractivity contribution in [3.63, 3.8) is 0 Å². The van der Waals surface area contributed by atoms with E-state index in [1.54, 1.807) is 24.3 Å². The Balaban J connectivity index is 1.82. The Morgan fingerprint density at radius 2 is 1.65 bits per heavy atom. The lowest BCUT2D eigenvalue weighted by Gasteiger charge is -2.24. The van der Waals surface area contributed by atoms with Gasteiger partial charge in [-0.3, -0.25) is 9.59 Å². The van der Waals surface area contributed by atoms with Gasteiger partial charge in [-0.15, -0.1) is 0 Å². The van der Waals surface area contributed by atoms with Crippen LogP contribution in [-0.2, 0) is 4.79 Å². The molecule has 4 heteroatoms. The number of amides is 1. The highest BCUT2D eigenvalue weighted by Gasteiger charge is 2.15. The second-order valence-corrected chi connectivity index (χ2v) is 5.12. The van der Waals surface area contributed by atoms with Gasteiger partial charge >= 0.3 is 0 Å². The number of ether oxygens (including phenoxy) is 1. The predicted molar refractivity (Wildman–Crippen MR) is 77.0 cm³/mol. The van der Waals surface area contributed by atoms with Crippen molar-refractivity contribution in [1.29, 1.82) is 0 Å². The third kappa shape index (κ3) is 4.37. The molecule has 1 heterocycles. The zero-order valence-corrected chi connectivity index (χ0v) is 11.7. The van der Waals surface area contributed by atoms with Crippen LogP contribution in [0.1, 0.15) is 42.5 Å². The zero-order valence-electron chi connectivity index (χ0n) is 11.7. The van der Waals surface area contributed by atoms with Crippen LogP contribution < -0.4 is 4.74 Å². The molecular weight excluding hydrogens is 254 g/mol. The summed E-state index contributed by atoms with van der Waals surface area (Å²) in [6.45, 7) is 1.75. The van der Waals surface area contributed by atoms with Gasteiger partial charge in [0.1, 0.15) is 12.0 Å². The molecule has 0 radical (unpaired) electrons. The molecular formula is C16H21NO3. The molecule has 0 spiro atoms. The van der Waals surface area contributed by atoms with E-state index < -0.39 is 0 Å². The SMILES string of the molecule is O=Cc1ccc(OCC(=O)N2CCCCCCC2)cc1. The fourth-order valence-electron chi connectivity index (χ4n) is 2.38. The number of carbonyl (C=O) groups is 2. The molecule has 1 aromatic rings. The molecule has 108 valence electrons. The standard InChI is InChI=1S/C16H21NO3/c18-12-14-6-8-15(9-7-14)20-13-16(19)17-10-4-2-1-3-5-11-17/h6-9,12H,1-5,10-11,13H2. The Morgan fingerprint density at radius 1 is 1.05 bits per heavy atom. The van der Waals surface area contributed by atoms with E-state index in [1.807, 2.05) is 4.90 Å². The van der Waals surface area contributed by atoms with Crippen molar-refractivity contribution in [2.75, 3.05) is 19.7 Å². The number of nitrogens with zero attached hydrogens (tertiary/aromatic N) is 1. The number of likely N-dealkylation sites (tertiary alicyclic amines) is 1. The lowest BCUT2D eigenvalue weighted by molar-refractivity contribution is -0.133. The smallest absolute Gasteiger partial charge is 0.260 e. The molecule has 0 unspecified atom stereocenters. The largest absolute Gasteiger partial charge is 0.484 e. The summed E-state index contributed by atoms with van der Waals surface area (Å²) in [6, 6.07) is 6.79. The summed E-state index contributed by atoms with van der Waals surface area (Å²) in [7, 11) is 0. The maximum Gasteiger partial charge on any atom is 0.260 e. The molecule has 1 fully saturated rings. The van der Waals surface area contributed by atoms with Crippen LogP contribution >= 0.6 is 0 Å². The predicted octanol–water partition coefficient (Wildman–Crippen LogP) is 2.67. The molecule has 0 N–H and O–H groups in total. The average Bonchev–Trinajstić information content (AvgIpc) is 2.45. The Bertz CT molecular complexity index is 434. The molecule has 20 heavy (non-hydrogen) atoms. The van der Waals surface area contributed by atoms with Gasteiger partial charge in [0.2, 0.25) is 0 Å². The van der Waals surface area contributed by atoms with E-state index in [4.69, 9.17) is 4.74 Å². The highest BCUT2D eigenvalue weighted by atomic mass is 16.5. The van der Waals surface area contributed by atoms with Gasteiger partial charge in [0.15, 0.2) is 6.61 Å². The Morgan fingerprint density at radius 3 is 2.25 bits per heavy atom. The molecule has 0 aliphatic carbocycles. The van der Waals surface area contributed by atoms with Crippen molar-refractivity contribution < 1.29 is 14.3 Å². The number of hydrogen-bond donors (Lipinski definition) is 0. The summed E-state index contributed by atoms with van der Waals surface area (Å²) in [4.78, 5) is 24.6. The first kappa shape index (κ1) is 14.6. The first-order valence-corrected chi connectivity index (χ1v) is 7.25. The molecule has 1 aromatic carbocycles. The van der Waals surface area contributed by atoms with Crippen LogP contribution in [0.4, 0.5) is 0 Å². The molecule has 1 aliphatic heterocycles. The van der Waals surface area contributed by atoms with Gasteiger partial charge in [-0.1, -0.05) is 19.3 Å². The topological polar surface area (TPSA) is 46.6 Å². The highest BCUT2D eigenvalue weighted by Crippen LogP contribution is 2.13. The third-order valence-corrected chi connectivity index (χ3v) is 3.59. The molecule has 0 aromatic heterocycles. The summed E-state index contributed by atoms with van der Waals surface area (Å²) in [5.74, 6) is 0.669. The quantitative estimate of drug-likeness (QED) is 0.794. The Kier molecular flexibility index (Phi) is 5.59. The molecule has 1 amide bonds. The Hall–Kier alpha value is -1.84. The number of rotatable bonds is 4. The van der Waals surface area contributed by atoms with Crippen molar-refractivity contribution in [1.82, 2.24) is 4.90 Å². The maximum absolute atomic E-state index is 12.1. The molecule has 0 saturated carbocycles. The molecule has 1 aliphatic rings. The summed E-state index contributed by atoms with van der Waals surface area (Å²) < 4.78 is 5.49. The Labute approximate surface area is 119 Å². The number of aldehydes is 1. The van der Waals surface area contributed by atoms with Crippen LogP contribution in [0.3, 0.4) is 0 Å². The van der Waals surface area contributed by atoms with E-state index in [1.165, 1.54) is 19.3 Å².